The Morgan fingerprint density at radius 1 is 1.61 bits per heavy atom. The Labute approximate surface area is 109 Å². The Hall–Kier alpha value is -1.93. The summed E-state index contributed by atoms with van der Waals surface area (Å²) in [5.74, 6) is 1.77. The molecule has 0 saturated carbocycles. The largest absolute Gasteiger partial charge is 0.462 e. The fourth-order valence-electron chi connectivity index (χ4n) is 1.56. The van der Waals surface area contributed by atoms with Crippen molar-refractivity contribution in [2.45, 2.75) is 17.1 Å². The van der Waals surface area contributed by atoms with Crippen LogP contribution in [0.25, 0.3) is 0 Å². The minimum Gasteiger partial charge on any atom is -0.462 e. The third-order valence-corrected chi connectivity index (χ3v) is 3.58. The molecular weight excluding hydrogens is 250 g/mol. The number of anilines is 1. The van der Waals surface area contributed by atoms with Gasteiger partial charge in [0.25, 0.3) is 0 Å². The van der Waals surface area contributed by atoms with Gasteiger partial charge in [0.1, 0.15) is 5.25 Å². The molecule has 92 valence electrons. The summed E-state index contributed by atoms with van der Waals surface area (Å²) in [6, 6.07) is 5.02. The summed E-state index contributed by atoms with van der Waals surface area (Å²) in [6.45, 7) is 2.06. The molecule has 2 rings (SSSR count). The molecule has 0 radical (unpaired) electrons. The quantitative estimate of drug-likeness (QED) is 0.652. The standard InChI is InChI=1S/C13H11NO3S/c1-3-10-12(15)14-9-7-8(13(16)17-4-2)5-6-11(9)18-10/h1,5-7,10H,4H2,2H3,(H,14,15)/t10-/m1/s1. The molecule has 4 nitrogen and oxygen atoms in total. The second kappa shape index (κ2) is 5.15. The van der Waals surface area contributed by atoms with Crippen LogP contribution in [0.2, 0.25) is 0 Å². The highest BCUT2D eigenvalue weighted by Gasteiger charge is 2.25. The van der Waals surface area contributed by atoms with Crippen LogP contribution in [0.1, 0.15) is 17.3 Å². The van der Waals surface area contributed by atoms with Crippen LogP contribution in [-0.4, -0.2) is 23.7 Å². The number of hydrogen-bond acceptors (Lipinski definition) is 4. The number of terminal acetylenes is 1. The maximum absolute atomic E-state index is 11.6. The van der Waals surface area contributed by atoms with Crippen molar-refractivity contribution in [3.63, 3.8) is 0 Å². The number of amides is 1. The molecule has 0 fully saturated rings. The Kier molecular flexibility index (Phi) is 3.58. The molecule has 1 heterocycles. The summed E-state index contributed by atoms with van der Waals surface area (Å²) in [7, 11) is 0. The van der Waals surface area contributed by atoms with Gasteiger partial charge in [-0.2, -0.15) is 0 Å². The van der Waals surface area contributed by atoms with Gasteiger partial charge in [0, 0.05) is 4.90 Å². The molecule has 18 heavy (non-hydrogen) atoms. The van der Waals surface area contributed by atoms with Gasteiger partial charge in [-0.1, -0.05) is 17.7 Å². The van der Waals surface area contributed by atoms with Crippen LogP contribution in [0.3, 0.4) is 0 Å². The van der Waals surface area contributed by atoms with Gasteiger partial charge in [0.05, 0.1) is 17.9 Å². The zero-order chi connectivity index (χ0) is 13.1. The molecule has 0 aliphatic carbocycles. The Morgan fingerprint density at radius 3 is 3.06 bits per heavy atom. The molecule has 1 atom stereocenters. The van der Waals surface area contributed by atoms with Gasteiger partial charge in [-0.05, 0) is 25.1 Å². The van der Waals surface area contributed by atoms with Gasteiger partial charge < -0.3 is 10.1 Å². The smallest absolute Gasteiger partial charge is 0.338 e. The normalized spacial score (nSPS) is 17.3. The summed E-state index contributed by atoms with van der Waals surface area (Å²) < 4.78 is 4.90. The number of carbonyl (C=O) groups excluding carboxylic acids is 2. The SMILES string of the molecule is C#C[C@H]1Sc2ccc(C(=O)OCC)cc2NC1=O. The minimum absolute atomic E-state index is 0.240. The van der Waals surface area contributed by atoms with Crippen LogP contribution in [0.15, 0.2) is 23.1 Å². The molecular formula is C13H11NO3S. The van der Waals surface area contributed by atoms with E-state index in [4.69, 9.17) is 11.2 Å². The molecule has 1 aliphatic heterocycles. The first-order valence-electron chi connectivity index (χ1n) is 5.40. The van der Waals surface area contributed by atoms with E-state index in [1.807, 2.05) is 0 Å². The zero-order valence-electron chi connectivity index (χ0n) is 9.73. The van der Waals surface area contributed by atoms with Crippen molar-refractivity contribution in [2.24, 2.45) is 0 Å². The van der Waals surface area contributed by atoms with Crippen molar-refractivity contribution in [3.8, 4) is 12.3 Å². The Bertz CT molecular complexity index is 548. The number of thioether (sulfide) groups is 1. The van der Waals surface area contributed by atoms with Crippen molar-refractivity contribution in [1.29, 1.82) is 0 Å². The minimum atomic E-state index is -0.522. The number of hydrogen-bond donors (Lipinski definition) is 1. The predicted molar refractivity (Wildman–Crippen MR) is 69.5 cm³/mol. The van der Waals surface area contributed by atoms with E-state index in [0.717, 1.165) is 4.90 Å². The van der Waals surface area contributed by atoms with Crippen molar-refractivity contribution in [3.05, 3.63) is 23.8 Å². The highest BCUT2D eigenvalue weighted by molar-refractivity contribution is 8.01. The summed E-state index contributed by atoms with van der Waals surface area (Å²) in [6.07, 6.45) is 5.26. The number of esters is 1. The number of carbonyl (C=O) groups is 2. The van der Waals surface area contributed by atoms with E-state index < -0.39 is 11.2 Å². The third kappa shape index (κ3) is 2.34. The molecule has 0 saturated heterocycles. The highest BCUT2D eigenvalue weighted by atomic mass is 32.2. The maximum atomic E-state index is 11.6. The number of benzene rings is 1. The Morgan fingerprint density at radius 2 is 2.39 bits per heavy atom. The van der Waals surface area contributed by atoms with Crippen LogP contribution in [-0.2, 0) is 9.53 Å². The monoisotopic (exact) mass is 261 g/mol. The molecule has 0 unspecified atom stereocenters. The van der Waals surface area contributed by atoms with E-state index in [2.05, 4.69) is 11.2 Å². The average Bonchev–Trinajstić information content (AvgIpc) is 2.37. The fraction of sp³-hybridized carbons (Fsp3) is 0.231. The molecule has 1 aromatic carbocycles. The van der Waals surface area contributed by atoms with Crippen LogP contribution in [0.5, 0.6) is 0 Å². The summed E-state index contributed by atoms with van der Waals surface area (Å²) in [5, 5.41) is 2.17. The first kappa shape index (κ1) is 12.5. The van der Waals surface area contributed by atoms with Crippen LogP contribution in [0, 0.1) is 12.3 Å². The molecule has 5 heteroatoms. The second-order valence-electron chi connectivity index (χ2n) is 3.59. The van der Waals surface area contributed by atoms with Crippen LogP contribution in [0.4, 0.5) is 5.69 Å². The van der Waals surface area contributed by atoms with Gasteiger partial charge in [-0.3, -0.25) is 4.79 Å². The molecule has 1 aromatic rings. The van der Waals surface area contributed by atoms with Crippen LogP contribution < -0.4 is 5.32 Å². The molecule has 1 amide bonds. The number of nitrogens with one attached hydrogen (secondary N) is 1. The summed E-state index contributed by atoms with van der Waals surface area (Å²) in [4.78, 5) is 24.0. The number of ether oxygens (including phenoxy) is 1. The van der Waals surface area contributed by atoms with Crippen LogP contribution >= 0.6 is 11.8 Å². The molecule has 0 spiro atoms. The Balaban J connectivity index is 2.29. The summed E-state index contributed by atoms with van der Waals surface area (Å²) in [5.41, 5.74) is 1.01. The predicted octanol–water partition coefficient (Wildman–Crippen LogP) is 1.91. The van der Waals surface area contributed by atoms with Crippen molar-refractivity contribution < 1.29 is 14.3 Å². The lowest BCUT2D eigenvalue weighted by Crippen LogP contribution is -2.27. The lowest BCUT2D eigenvalue weighted by atomic mass is 10.2. The molecule has 1 aliphatic rings. The van der Waals surface area contributed by atoms with E-state index in [0.29, 0.717) is 17.9 Å². The van der Waals surface area contributed by atoms with E-state index in [1.54, 1.807) is 25.1 Å². The lowest BCUT2D eigenvalue weighted by molar-refractivity contribution is -0.115. The topological polar surface area (TPSA) is 55.4 Å². The summed E-state index contributed by atoms with van der Waals surface area (Å²) >= 11 is 1.30. The van der Waals surface area contributed by atoms with E-state index in [-0.39, 0.29) is 5.91 Å². The van der Waals surface area contributed by atoms with Gasteiger partial charge in [0.2, 0.25) is 5.91 Å². The van der Waals surface area contributed by atoms with Gasteiger partial charge in [-0.25, -0.2) is 4.79 Å². The van der Waals surface area contributed by atoms with E-state index in [1.165, 1.54) is 11.8 Å². The van der Waals surface area contributed by atoms with Crippen molar-refractivity contribution in [2.75, 3.05) is 11.9 Å². The lowest BCUT2D eigenvalue weighted by Gasteiger charge is -2.20. The van der Waals surface area contributed by atoms with Crippen molar-refractivity contribution in [1.82, 2.24) is 0 Å². The van der Waals surface area contributed by atoms with Gasteiger partial charge in [-0.15, -0.1) is 6.42 Å². The maximum Gasteiger partial charge on any atom is 0.338 e. The highest BCUT2D eigenvalue weighted by Crippen LogP contribution is 2.35. The first-order valence-corrected chi connectivity index (χ1v) is 6.28. The first-order chi connectivity index (χ1) is 8.65. The number of rotatable bonds is 2. The number of fused-ring (bicyclic) bond motifs is 1. The molecule has 0 bridgehead atoms. The molecule has 0 aromatic heterocycles. The molecule has 1 N–H and O–H groups in total. The average molecular weight is 261 g/mol. The zero-order valence-corrected chi connectivity index (χ0v) is 10.5. The van der Waals surface area contributed by atoms with E-state index in [9.17, 15) is 9.59 Å². The van der Waals surface area contributed by atoms with Gasteiger partial charge >= 0.3 is 5.97 Å². The van der Waals surface area contributed by atoms with Crippen molar-refractivity contribution >= 4 is 29.3 Å². The second-order valence-corrected chi connectivity index (χ2v) is 4.73. The van der Waals surface area contributed by atoms with Gasteiger partial charge in [0.15, 0.2) is 0 Å². The van der Waals surface area contributed by atoms with E-state index >= 15 is 0 Å². The third-order valence-electron chi connectivity index (χ3n) is 2.38. The fourth-order valence-corrected chi connectivity index (χ4v) is 2.43.